The van der Waals surface area contributed by atoms with Crippen molar-refractivity contribution in [2.45, 2.75) is 26.8 Å². The molecule has 7 heteroatoms. The Bertz CT molecular complexity index is 1310. The Kier molecular flexibility index (Phi) is 5.18. The Labute approximate surface area is 173 Å². The van der Waals surface area contributed by atoms with E-state index < -0.39 is 0 Å². The molecule has 0 saturated heterocycles. The van der Waals surface area contributed by atoms with Crippen molar-refractivity contribution in [1.82, 2.24) is 14.7 Å². The number of pyridine rings is 2. The monoisotopic (exact) mass is 402 g/mol. The first-order valence-electron chi connectivity index (χ1n) is 9.96. The highest BCUT2D eigenvalue weighted by Gasteiger charge is 2.24. The first-order valence-corrected chi connectivity index (χ1v) is 9.96. The topological polar surface area (TPSA) is 93.4 Å². The summed E-state index contributed by atoms with van der Waals surface area (Å²) in [6.07, 6.45) is 2.44. The smallest absolute Gasteiger partial charge is 0.278 e. The molecule has 3 heterocycles. The summed E-state index contributed by atoms with van der Waals surface area (Å²) in [7, 11) is 0. The van der Waals surface area contributed by atoms with E-state index in [1.807, 2.05) is 56.3 Å². The first kappa shape index (κ1) is 19.6. The van der Waals surface area contributed by atoms with Gasteiger partial charge in [-0.1, -0.05) is 41.4 Å². The molecule has 4 aromatic rings. The molecular weight excluding hydrogens is 378 g/mol. The fourth-order valence-electron chi connectivity index (χ4n) is 3.61. The highest BCUT2D eigenvalue weighted by molar-refractivity contribution is 6.00. The second kappa shape index (κ2) is 7.94. The number of aromatic nitrogens is 3. The molecule has 7 nitrogen and oxygen atoms in total. The molecule has 3 aromatic heterocycles. The van der Waals surface area contributed by atoms with E-state index in [1.54, 1.807) is 16.8 Å². The number of nitrogens with zero attached hydrogens (tertiary/aromatic N) is 3. The minimum Gasteiger partial charge on any atom is -0.352 e. The summed E-state index contributed by atoms with van der Waals surface area (Å²) in [6.45, 7) is 4.72. The fourth-order valence-corrected chi connectivity index (χ4v) is 3.61. The number of fused-ring (bicyclic) bond motifs is 2. The molecule has 1 amide bonds. The standard InChI is InChI=1S/C23H23N5O2/c1-3-25-22(29)17-13-18-21(26-19-10-9-15(2)14-28(19)23(18)30)27(20(17)24)12-11-16-7-5-4-6-8-16/h4-10,13-14,24H,3,11-12H2,1-2H3,(H,25,29)/p+1. The highest BCUT2D eigenvalue weighted by atomic mass is 16.1. The Morgan fingerprint density at radius 1 is 1.20 bits per heavy atom. The predicted molar refractivity (Wildman–Crippen MR) is 116 cm³/mol. The fraction of sp³-hybridized carbons (Fsp3) is 0.217. The summed E-state index contributed by atoms with van der Waals surface area (Å²) in [5.74, 6) is -0.00755. The molecule has 0 atom stereocenters. The van der Waals surface area contributed by atoms with E-state index in [0.717, 1.165) is 11.1 Å². The summed E-state index contributed by atoms with van der Waals surface area (Å²) >= 11 is 0. The van der Waals surface area contributed by atoms with Crippen LogP contribution in [0.25, 0.3) is 16.7 Å². The van der Waals surface area contributed by atoms with Crippen LogP contribution < -0.4 is 21.2 Å². The molecule has 152 valence electrons. The molecule has 3 N–H and O–H groups in total. The molecule has 0 fully saturated rings. The van der Waals surface area contributed by atoms with Crippen molar-refractivity contribution in [2.75, 3.05) is 12.3 Å². The third kappa shape index (κ3) is 3.50. The normalized spacial score (nSPS) is 11.1. The van der Waals surface area contributed by atoms with E-state index in [1.165, 1.54) is 4.40 Å². The predicted octanol–water partition coefficient (Wildman–Crippen LogP) is 2.02. The lowest BCUT2D eigenvalue weighted by Gasteiger charge is -2.12. The van der Waals surface area contributed by atoms with Gasteiger partial charge >= 0.3 is 0 Å². The van der Waals surface area contributed by atoms with E-state index in [4.69, 9.17) is 10.7 Å². The van der Waals surface area contributed by atoms with Crippen LogP contribution >= 0.6 is 0 Å². The lowest BCUT2D eigenvalue weighted by atomic mass is 10.1. The number of carbonyl (C=O) groups excluding carboxylic acids is 1. The molecule has 0 radical (unpaired) electrons. The average Bonchev–Trinajstić information content (AvgIpc) is 2.74. The van der Waals surface area contributed by atoms with Crippen molar-refractivity contribution in [1.29, 1.82) is 0 Å². The van der Waals surface area contributed by atoms with E-state index in [2.05, 4.69) is 5.32 Å². The summed E-state index contributed by atoms with van der Waals surface area (Å²) in [5, 5.41) is 3.14. The quantitative estimate of drug-likeness (QED) is 0.395. The molecule has 0 aliphatic heterocycles. The summed E-state index contributed by atoms with van der Waals surface area (Å²) in [6, 6.07) is 15.3. The Morgan fingerprint density at radius 2 is 1.97 bits per heavy atom. The molecule has 0 aliphatic carbocycles. The maximum Gasteiger partial charge on any atom is 0.278 e. The number of rotatable bonds is 5. The second-order valence-corrected chi connectivity index (χ2v) is 7.28. The molecule has 0 spiro atoms. The van der Waals surface area contributed by atoms with Gasteiger partial charge in [-0.3, -0.25) is 14.0 Å². The molecule has 0 bridgehead atoms. The number of aryl methyl sites for hydroxylation is 3. The van der Waals surface area contributed by atoms with Gasteiger partial charge < -0.3 is 11.1 Å². The third-order valence-electron chi connectivity index (χ3n) is 5.15. The Morgan fingerprint density at radius 3 is 2.70 bits per heavy atom. The molecule has 30 heavy (non-hydrogen) atoms. The third-order valence-corrected chi connectivity index (χ3v) is 5.15. The number of anilines is 1. The second-order valence-electron chi connectivity index (χ2n) is 7.28. The number of nitrogens with two attached hydrogens (primary N) is 1. The minimum atomic E-state index is -0.306. The van der Waals surface area contributed by atoms with Gasteiger partial charge in [-0.15, -0.1) is 0 Å². The maximum atomic E-state index is 13.2. The van der Waals surface area contributed by atoms with Gasteiger partial charge in [0.15, 0.2) is 0 Å². The van der Waals surface area contributed by atoms with Gasteiger partial charge in [0.1, 0.15) is 10.9 Å². The Hall–Kier alpha value is -3.74. The zero-order chi connectivity index (χ0) is 21.3. The highest BCUT2D eigenvalue weighted by Crippen LogP contribution is 2.15. The molecule has 0 saturated carbocycles. The Balaban J connectivity index is 1.96. The van der Waals surface area contributed by atoms with Crippen LogP contribution in [0.15, 0.2) is 59.5 Å². The van der Waals surface area contributed by atoms with Crippen molar-refractivity contribution >= 4 is 28.4 Å². The number of nitrogen functional groups attached to an aromatic ring is 1. The molecule has 4 rings (SSSR count). The van der Waals surface area contributed by atoms with Crippen molar-refractivity contribution in [2.24, 2.45) is 0 Å². The number of hydrogen-bond donors (Lipinski definition) is 2. The minimum absolute atomic E-state index is 0.224. The maximum absolute atomic E-state index is 13.2. The van der Waals surface area contributed by atoms with E-state index in [0.29, 0.717) is 42.0 Å². The molecular formula is C23H24N5O2+. The first-order chi connectivity index (χ1) is 14.5. The number of hydrogen-bond acceptors (Lipinski definition) is 4. The SMILES string of the molecule is CCNC(=O)c1cc2c(=O)n3cc(C)ccc3nc2[n+](CCc2ccccc2)c1N. The van der Waals surface area contributed by atoms with Gasteiger partial charge in [-0.2, -0.15) is 0 Å². The van der Waals surface area contributed by atoms with Gasteiger partial charge in [-0.25, -0.2) is 4.57 Å². The van der Waals surface area contributed by atoms with Gasteiger partial charge in [-0.05, 0) is 37.1 Å². The van der Waals surface area contributed by atoms with Gasteiger partial charge in [0.2, 0.25) is 11.5 Å². The summed E-state index contributed by atoms with van der Waals surface area (Å²) in [5.41, 5.74) is 9.57. The van der Waals surface area contributed by atoms with Crippen LogP contribution in [-0.2, 0) is 13.0 Å². The van der Waals surface area contributed by atoms with E-state index in [9.17, 15) is 9.59 Å². The van der Waals surface area contributed by atoms with Crippen LogP contribution in [0.3, 0.4) is 0 Å². The zero-order valence-electron chi connectivity index (χ0n) is 17.1. The van der Waals surface area contributed by atoms with Crippen molar-refractivity contribution in [3.05, 3.63) is 81.8 Å². The molecule has 0 aliphatic rings. The van der Waals surface area contributed by atoms with Gasteiger partial charge in [0, 0.05) is 19.2 Å². The summed E-state index contributed by atoms with van der Waals surface area (Å²) in [4.78, 5) is 30.6. The van der Waals surface area contributed by atoms with Gasteiger partial charge in [0.05, 0.1) is 6.54 Å². The number of nitrogens with one attached hydrogen (secondary N) is 1. The lowest BCUT2D eigenvalue weighted by Crippen LogP contribution is -2.43. The average molecular weight is 402 g/mol. The van der Waals surface area contributed by atoms with Gasteiger partial charge in [0.25, 0.3) is 17.1 Å². The number of amides is 1. The molecule has 1 aromatic carbocycles. The van der Waals surface area contributed by atoms with Crippen LogP contribution in [-0.4, -0.2) is 21.8 Å². The molecule has 0 unspecified atom stereocenters. The van der Waals surface area contributed by atoms with Crippen LogP contribution in [0.5, 0.6) is 0 Å². The lowest BCUT2D eigenvalue weighted by molar-refractivity contribution is -0.658. The van der Waals surface area contributed by atoms with Crippen LogP contribution in [0.1, 0.15) is 28.4 Å². The van der Waals surface area contributed by atoms with Crippen LogP contribution in [0.2, 0.25) is 0 Å². The summed E-state index contributed by atoms with van der Waals surface area (Å²) < 4.78 is 3.28. The van der Waals surface area contributed by atoms with Crippen LogP contribution in [0, 0.1) is 6.92 Å². The van der Waals surface area contributed by atoms with Crippen molar-refractivity contribution < 1.29 is 9.36 Å². The van der Waals surface area contributed by atoms with E-state index in [-0.39, 0.29) is 17.0 Å². The number of benzene rings is 1. The number of carbonyl (C=O) groups is 1. The van der Waals surface area contributed by atoms with Crippen molar-refractivity contribution in [3.63, 3.8) is 0 Å². The zero-order valence-corrected chi connectivity index (χ0v) is 17.1. The van der Waals surface area contributed by atoms with Crippen LogP contribution in [0.4, 0.5) is 5.82 Å². The van der Waals surface area contributed by atoms with E-state index >= 15 is 0 Å². The largest absolute Gasteiger partial charge is 0.352 e. The van der Waals surface area contributed by atoms with Crippen molar-refractivity contribution in [3.8, 4) is 0 Å².